The summed E-state index contributed by atoms with van der Waals surface area (Å²) in [6.45, 7) is 4.17. The molecule has 0 aliphatic carbocycles. The number of nitrogens with zero attached hydrogens (tertiary/aromatic N) is 1. The molecule has 1 aromatic heterocycles. The Bertz CT molecular complexity index is 478. The molecule has 2 aromatic rings. The van der Waals surface area contributed by atoms with E-state index in [9.17, 15) is 4.39 Å². The number of benzene rings is 1. The van der Waals surface area contributed by atoms with Gasteiger partial charge in [-0.15, -0.1) is 11.3 Å². The van der Waals surface area contributed by atoms with E-state index in [4.69, 9.17) is 0 Å². The Balaban J connectivity index is 2.71. The fraction of sp³-hybridized carbons (Fsp3) is 0.300. The van der Waals surface area contributed by atoms with Crippen molar-refractivity contribution in [2.45, 2.75) is 19.8 Å². The van der Waals surface area contributed by atoms with E-state index < -0.39 is 0 Å². The lowest BCUT2D eigenvalue weighted by molar-refractivity contribution is 0.623. The Labute approximate surface area is 94.1 Å². The van der Waals surface area contributed by atoms with Crippen molar-refractivity contribution in [1.82, 2.24) is 4.98 Å². The highest BCUT2D eigenvalue weighted by atomic mass is 79.9. The third kappa shape index (κ3) is 1.57. The third-order valence-electron chi connectivity index (χ3n) is 1.96. The number of aromatic nitrogens is 1. The van der Waals surface area contributed by atoms with Crippen LogP contribution in [0.25, 0.3) is 10.2 Å². The van der Waals surface area contributed by atoms with Crippen molar-refractivity contribution in [2.24, 2.45) is 0 Å². The summed E-state index contributed by atoms with van der Waals surface area (Å²) in [4.78, 5) is 4.44. The zero-order chi connectivity index (χ0) is 10.3. The fourth-order valence-corrected chi connectivity index (χ4v) is 2.77. The van der Waals surface area contributed by atoms with E-state index >= 15 is 0 Å². The minimum Gasteiger partial charge on any atom is -0.241 e. The highest BCUT2D eigenvalue weighted by Crippen LogP contribution is 2.33. The van der Waals surface area contributed by atoms with Gasteiger partial charge in [0.05, 0.1) is 19.7 Å². The van der Waals surface area contributed by atoms with E-state index in [0.717, 1.165) is 15.2 Å². The van der Waals surface area contributed by atoms with Gasteiger partial charge in [0.1, 0.15) is 5.82 Å². The van der Waals surface area contributed by atoms with Crippen LogP contribution in [-0.2, 0) is 0 Å². The van der Waals surface area contributed by atoms with Crippen LogP contribution < -0.4 is 0 Å². The van der Waals surface area contributed by atoms with Crippen LogP contribution in [0.4, 0.5) is 4.39 Å². The Morgan fingerprint density at radius 3 is 2.79 bits per heavy atom. The van der Waals surface area contributed by atoms with E-state index in [-0.39, 0.29) is 5.82 Å². The van der Waals surface area contributed by atoms with Crippen LogP contribution >= 0.6 is 27.3 Å². The molecule has 0 bridgehead atoms. The van der Waals surface area contributed by atoms with E-state index in [0.29, 0.717) is 10.4 Å². The predicted molar refractivity (Wildman–Crippen MR) is 61.4 cm³/mol. The minimum atomic E-state index is -0.226. The van der Waals surface area contributed by atoms with Crippen molar-refractivity contribution in [3.63, 3.8) is 0 Å². The largest absolute Gasteiger partial charge is 0.241 e. The van der Waals surface area contributed by atoms with Gasteiger partial charge < -0.3 is 0 Å². The van der Waals surface area contributed by atoms with E-state index in [1.165, 1.54) is 6.07 Å². The van der Waals surface area contributed by atoms with Crippen LogP contribution in [0, 0.1) is 5.82 Å². The predicted octanol–water partition coefficient (Wildman–Crippen LogP) is 4.32. The molecule has 0 atom stereocenters. The SMILES string of the molecule is CC(C)c1nc2ccc(F)c(Br)c2s1. The average Bonchev–Trinajstić information content (AvgIpc) is 2.56. The Kier molecular flexibility index (Phi) is 2.58. The maximum Gasteiger partial charge on any atom is 0.138 e. The van der Waals surface area contributed by atoms with Gasteiger partial charge in [0.15, 0.2) is 0 Å². The molecule has 1 nitrogen and oxygen atoms in total. The topological polar surface area (TPSA) is 12.9 Å². The molecule has 0 saturated heterocycles. The van der Waals surface area contributed by atoms with Gasteiger partial charge in [0.2, 0.25) is 0 Å². The standard InChI is InChI=1S/C10H9BrFNS/c1-5(2)10-13-7-4-3-6(12)8(11)9(7)14-10/h3-5H,1-2H3. The summed E-state index contributed by atoms with van der Waals surface area (Å²) in [6, 6.07) is 3.16. The van der Waals surface area contributed by atoms with Gasteiger partial charge in [0, 0.05) is 5.92 Å². The first-order valence-electron chi connectivity index (χ1n) is 4.34. The highest BCUT2D eigenvalue weighted by Gasteiger charge is 2.11. The van der Waals surface area contributed by atoms with Crippen molar-refractivity contribution in [2.75, 3.05) is 0 Å². The molecule has 14 heavy (non-hydrogen) atoms. The van der Waals surface area contributed by atoms with Gasteiger partial charge >= 0.3 is 0 Å². The van der Waals surface area contributed by atoms with Crippen molar-refractivity contribution < 1.29 is 4.39 Å². The number of hydrogen-bond acceptors (Lipinski definition) is 2. The van der Waals surface area contributed by atoms with E-state index in [1.54, 1.807) is 17.4 Å². The van der Waals surface area contributed by atoms with Gasteiger partial charge in [-0.05, 0) is 28.1 Å². The fourth-order valence-electron chi connectivity index (χ4n) is 1.20. The monoisotopic (exact) mass is 273 g/mol. The molecule has 0 amide bonds. The molecular formula is C10H9BrFNS. The molecule has 0 fully saturated rings. The molecule has 0 N–H and O–H groups in total. The summed E-state index contributed by atoms with van der Waals surface area (Å²) in [6.07, 6.45) is 0. The summed E-state index contributed by atoms with van der Waals surface area (Å²) >= 11 is 4.79. The smallest absolute Gasteiger partial charge is 0.138 e. The molecule has 74 valence electrons. The lowest BCUT2D eigenvalue weighted by Gasteiger charge is -1.94. The van der Waals surface area contributed by atoms with E-state index in [2.05, 4.69) is 34.8 Å². The van der Waals surface area contributed by atoms with Crippen LogP contribution in [0.2, 0.25) is 0 Å². The van der Waals surface area contributed by atoms with Crippen LogP contribution in [0.5, 0.6) is 0 Å². The van der Waals surface area contributed by atoms with Gasteiger partial charge in [0.25, 0.3) is 0 Å². The Morgan fingerprint density at radius 2 is 2.14 bits per heavy atom. The summed E-state index contributed by atoms with van der Waals surface area (Å²) in [5.41, 5.74) is 0.868. The second kappa shape index (κ2) is 3.59. The minimum absolute atomic E-state index is 0.226. The molecule has 2 rings (SSSR count). The molecule has 0 aliphatic rings. The number of fused-ring (bicyclic) bond motifs is 1. The van der Waals surface area contributed by atoms with Crippen LogP contribution in [0.3, 0.4) is 0 Å². The van der Waals surface area contributed by atoms with E-state index in [1.807, 2.05) is 0 Å². The second-order valence-corrected chi connectivity index (χ2v) is 5.24. The van der Waals surface area contributed by atoms with Gasteiger partial charge in [-0.3, -0.25) is 0 Å². The third-order valence-corrected chi connectivity index (χ3v) is 4.39. The molecule has 1 heterocycles. The van der Waals surface area contributed by atoms with Crippen LogP contribution in [-0.4, -0.2) is 4.98 Å². The maximum atomic E-state index is 13.2. The first-order chi connectivity index (χ1) is 6.59. The zero-order valence-corrected chi connectivity index (χ0v) is 10.2. The normalized spacial score (nSPS) is 11.5. The maximum absolute atomic E-state index is 13.2. The number of rotatable bonds is 1. The average molecular weight is 274 g/mol. The van der Waals surface area contributed by atoms with Crippen molar-refractivity contribution in [3.8, 4) is 0 Å². The second-order valence-electron chi connectivity index (χ2n) is 3.42. The number of thiazole rings is 1. The van der Waals surface area contributed by atoms with Gasteiger partial charge in [-0.2, -0.15) is 0 Å². The number of halogens is 2. The molecule has 1 aromatic carbocycles. The summed E-state index contributed by atoms with van der Waals surface area (Å²) in [5.74, 6) is 0.166. The molecule has 0 unspecified atom stereocenters. The van der Waals surface area contributed by atoms with Crippen LogP contribution in [0.15, 0.2) is 16.6 Å². The lowest BCUT2D eigenvalue weighted by atomic mass is 10.2. The zero-order valence-electron chi connectivity index (χ0n) is 7.84. The molecule has 0 spiro atoms. The van der Waals surface area contributed by atoms with Crippen LogP contribution in [0.1, 0.15) is 24.8 Å². The first kappa shape index (κ1) is 10.1. The lowest BCUT2D eigenvalue weighted by Crippen LogP contribution is -1.82. The molecule has 0 radical (unpaired) electrons. The summed E-state index contributed by atoms with van der Waals surface area (Å²) in [5, 5.41) is 1.05. The summed E-state index contributed by atoms with van der Waals surface area (Å²) in [7, 11) is 0. The Morgan fingerprint density at radius 1 is 1.43 bits per heavy atom. The van der Waals surface area contributed by atoms with Crippen molar-refractivity contribution in [3.05, 3.63) is 27.4 Å². The van der Waals surface area contributed by atoms with Crippen molar-refractivity contribution in [1.29, 1.82) is 0 Å². The molecule has 0 aliphatic heterocycles. The Hall–Kier alpha value is -0.480. The first-order valence-corrected chi connectivity index (χ1v) is 5.95. The molecular weight excluding hydrogens is 265 g/mol. The van der Waals surface area contributed by atoms with Gasteiger partial charge in [-0.1, -0.05) is 13.8 Å². The molecule has 4 heteroatoms. The number of hydrogen-bond donors (Lipinski definition) is 0. The highest BCUT2D eigenvalue weighted by molar-refractivity contribution is 9.10. The quantitative estimate of drug-likeness (QED) is 0.754. The van der Waals surface area contributed by atoms with Crippen molar-refractivity contribution >= 4 is 37.5 Å². The molecule has 0 saturated carbocycles. The summed E-state index contributed by atoms with van der Waals surface area (Å²) < 4.78 is 14.6. The van der Waals surface area contributed by atoms with Gasteiger partial charge in [-0.25, -0.2) is 9.37 Å².